The van der Waals surface area contributed by atoms with E-state index in [2.05, 4.69) is 44.4 Å². The summed E-state index contributed by atoms with van der Waals surface area (Å²) in [6.45, 7) is 10.6. The normalized spacial score (nSPS) is 17.9. The highest BCUT2D eigenvalue weighted by atomic mass is 16.5. The van der Waals surface area contributed by atoms with E-state index < -0.39 is 0 Å². The van der Waals surface area contributed by atoms with E-state index in [-0.39, 0.29) is 23.0 Å². The third kappa shape index (κ3) is 5.36. The lowest BCUT2D eigenvalue weighted by Crippen LogP contribution is -2.62. The first-order chi connectivity index (χ1) is 13.6. The van der Waals surface area contributed by atoms with Crippen molar-refractivity contribution < 1.29 is 9.53 Å². The van der Waals surface area contributed by atoms with Gasteiger partial charge in [0.05, 0.1) is 5.56 Å². The lowest BCUT2D eigenvalue weighted by Gasteiger charge is -2.46. The minimum Gasteiger partial charge on any atom is -0.456 e. The molecule has 5 nitrogen and oxygen atoms in total. The molecule has 1 aliphatic heterocycles. The minimum absolute atomic E-state index is 0.0239. The van der Waals surface area contributed by atoms with Crippen molar-refractivity contribution in [1.82, 2.24) is 10.6 Å². The fourth-order valence-electron chi connectivity index (χ4n) is 4.31. The zero-order valence-corrected chi connectivity index (χ0v) is 17.8. The summed E-state index contributed by atoms with van der Waals surface area (Å²) in [5.74, 6) is 1.02. The minimum atomic E-state index is -0.0805. The van der Waals surface area contributed by atoms with Crippen LogP contribution in [0.25, 0.3) is 0 Å². The Labute approximate surface area is 173 Å². The van der Waals surface area contributed by atoms with Crippen molar-refractivity contribution in [3.8, 4) is 17.6 Å². The molecule has 5 heteroatoms. The lowest BCUT2D eigenvalue weighted by atomic mass is 9.79. The molecule has 0 atom stereocenters. The number of nitriles is 1. The number of piperidine rings is 1. The zero-order chi connectivity index (χ0) is 21.2. The number of nitrogens with one attached hydrogen (secondary N) is 2. The molecule has 0 aromatic heterocycles. The Morgan fingerprint density at radius 1 is 1.10 bits per heavy atom. The van der Waals surface area contributed by atoms with Crippen molar-refractivity contribution in [3.05, 3.63) is 59.2 Å². The second-order valence-corrected chi connectivity index (χ2v) is 9.21. The van der Waals surface area contributed by atoms with Gasteiger partial charge in [0.1, 0.15) is 17.6 Å². The summed E-state index contributed by atoms with van der Waals surface area (Å²) in [7, 11) is 0. The van der Waals surface area contributed by atoms with Crippen molar-refractivity contribution in [1.29, 1.82) is 5.26 Å². The van der Waals surface area contributed by atoms with E-state index in [0.717, 1.165) is 18.4 Å². The zero-order valence-electron chi connectivity index (χ0n) is 17.8. The summed E-state index contributed by atoms with van der Waals surface area (Å²) < 4.78 is 5.83. The Bertz CT molecular complexity index is 924. The van der Waals surface area contributed by atoms with Crippen LogP contribution < -0.4 is 15.4 Å². The highest BCUT2D eigenvalue weighted by Gasteiger charge is 2.38. The van der Waals surface area contributed by atoms with Gasteiger partial charge in [0.15, 0.2) is 0 Å². The number of benzene rings is 2. The molecule has 0 spiro atoms. The van der Waals surface area contributed by atoms with Crippen LogP contribution in [0.15, 0.2) is 42.5 Å². The van der Waals surface area contributed by atoms with E-state index >= 15 is 0 Å². The van der Waals surface area contributed by atoms with Crippen LogP contribution in [-0.4, -0.2) is 23.0 Å². The van der Waals surface area contributed by atoms with E-state index in [1.807, 2.05) is 13.0 Å². The van der Waals surface area contributed by atoms with E-state index in [0.29, 0.717) is 22.6 Å². The van der Waals surface area contributed by atoms with E-state index in [1.54, 1.807) is 36.4 Å². The highest BCUT2D eigenvalue weighted by Crippen LogP contribution is 2.29. The van der Waals surface area contributed by atoms with Crippen LogP contribution in [0, 0.1) is 18.3 Å². The molecule has 0 aliphatic carbocycles. The maximum absolute atomic E-state index is 12.7. The topological polar surface area (TPSA) is 74.2 Å². The standard InChI is InChI=1S/C24H29N3O2/c1-16-6-11-21(18(12-16)15-25)29-20-9-7-17(8-10-20)22(28)26-19-13-23(2,3)27-24(4,5)14-19/h6-12,19,27H,13-14H2,1-5H3,(H,26,28). The molecule has 1 heterocycles. The molecular formula is C24H29N3O2. The first kappa shape index (κ1) is 20.9. The van der Waals surface area contributed by atoms with Crippen LogP contribution >= 0.6 is 0 Å². The number of hydrogen-bond acceptors (Lipinski definition) is 4. The molecule has 29 heavy (non-hydrogen) atoms. The van der Waals surface area contributed by atoms with Gasteiger partial charge >= 0.3 is 0 Å². The van der Waals surface area contributed by atoms with Crippen molar-refractivity contribution in [2.24, 2.45) is 0 Å². The third-order valence-corrected chi connectivity index (χ3v) is 5.13. The summed E-state index contributed by atoms with van der Waals surface area (Å²) in [5, 5.41) is 16.1. The molecule has 152 valence electrons. The summed E-state index contributed by atoms with van der Waals surface area (Å²) >= 11 is 0. The van der Waals surface area contributed by atoms with Crippen LogP contribution in [0.1, 0.15) is 62.0 Å². The molecule has 2 aromatic rings. The first-order valence-corrected chi connectivity index (χ1v) is 9.96. The van der Waals surface area contributed by atoms with Gasteiger partial charge < -0.3 is 15.4 Å². The quantitative estimate of drug-likeness (QED) is 0.792. The van der Waals surface area contributed by atoms with E-state index in [1.165, 1.54) is 0 Å². The molecule has 0 unspecified atom stereocenters. The van der Waals surface area contributed by atoms with Crippen LogP contribution in [0.5, 0.6) is 11.5 Å². The van der Waals surface area contributed by atoms with Gasteiger partial charge in [0, 0.05) is 22.7 Å². The average molecular weight is 392 g/mol. The molecule has 1 fully saturated rings. The molecule has 0 saturated carbocycles. The van der Waals surface area contributed by atoms with Crippen molar-refractivity contribution >= 4 is 5.91 Å². The third-order valence-electron chi connectivity index (χ3n) is 5.13. The number of carbonyl (C=O) groups is 1. The van der Waals surface area contributed by atoms with Gasteiger partial charge in [-0.25, -0.2) is 0 Å². The second kappa shape index (κ2) is 7.88. The Morgan fingerprint density at radius 3 is 2.31 bits per heavy atom. The maximum Gasteiger partial charge on any atom is 0.251 e. The SMILES string of the molecule is Cc1ccc(Oc2ccc(C(=O)NC3CC(C)(C)NC(C)(C)C3)cc2)c(C#N)c1. The fourth-order valence-corrected chi connectivity index (χ4v) is 4.31. The van der Waals surface area contributed by atoms with Crippen LogP contribution in [0.2, 0.25) is 0 Å². The predicted octanol–water partition coefficient (Wildman–Crippen LogP) is 4.70. The Hall–Kier alpha value is -2.84. The number of hydrogen-bond donors (Lipinski definition) is 2. The second-order valence-electron chi connectivity index (χ2n) is 9.21. The maximum atomic E-state index is 12.7. The van der Waals surface area contributed by atoms with E-state index in [9.17, 15) is 10.1 Å². The van der Waals surface area contributed by atoms with Gasteiger partial charge in [-0.3, -0.25) is 4.79 Å². The van der Waals surface area contributed by atoms with Gasteiger partial charge in [-0.2, -0.15) is 5.26 Å². The van der Waals surface area contributed by atoms with Gasteiger partial charge in [0.2, 0.25) is 0 Å². The van der Waals surface area contributed by atoms with Crippen LogP contribution in [-0.2, 0) is 0 Å². The summed E-state index contributed by atoms with van der Waals surface area (Å²) in [6.07, 6.45) is 1.77. The average Bonchev–Trinajstić information content (AvgIpc) is 2.61. The van der Waals surface area contributed by atoms with Crippen LogP contribution in [0.4, 0.5) is 0 Å². The van der Waals surface area contributed by atoms with Crippen molar-refractivity contribution in [2.75, 3.05) is 0 Å². The molecule has 1 aliphatic rings. The van der Waals surface area contributed by atoms with Crippen LogP contribution in [0.3, 0.4) is 0 Å². The molecule has 0 radical (unpaired) electrons. The number of rotatable bonds is 4. The smallest absolute Gasteiger partial charge is 0.251 e. The Morgan fingerprint density at radius 2 is 1.72 bits per heavy atom. The molecule has 2 N–H and O–H groups in total. The number of amides is 1. The molecule has 3 rings (SSSR count). The number of carbonyl (C=O) groups excluding carboxylic acids is 1. The summed E-state index contributed by atoms with van der Waals surface area (Å²) in [5.41, 5.74) is 2.04. The molecule has 2 aromatic carbocycles. The number of ether oxygens (including phenoxy) is 1. The van der Waals surface area contributed by atoms with Gasteiger partial charge in [0.25, 0.3) is 5.91 Å². The monoisotopic (exact) mass is 391 g/mol. The Kier molecular flexibility index (Phi) is 5.68. The molecule has 1 saturated heterocycles. The van der Waals surface area contributed by atoms with Crippen molar-refractivity contribution in [2.45, 2.75) is 64.6 Å². The van der Waals surface area contributed by atoms with Gasteiger partial charge in [-0.05, 0) is 89.4 Å². The van der Waals surface area contributed by atoms with Gasteiger partial charge in [-0.1, -0.05) is 6.07 Å². The largest absolute Gasteiger partial charge is 0.456 e. The molecule has 1 amide bonds. The highest BCUT2D eigenvalue weighted by molar-refractivity contribution is 5.94. The summed E-state index contributed by atoms with van der Waals surface area (Å²) in [4.78, 5) is 12.7. The Balaban J connectivity index is 1.67. The molecular weight excluding hydrogens is 362 g/mol. The number of aryl methyl sites for hydroxylation is 1. The van der Waals surface area contributed by atoms with Gasteiger partial charge in [-0.15, -0.1) is 0 Å². The first-order valence-electron chi connectivity index (χ1n) is 9.96. The fraction of sp³-hybridized carbons (Fsp3) is 0.417. The van der Waals surface area contributed by atoms with Crippen molar-refractivity contribution in [3.63, 3.8) is 0 Å². The lowest BCUT2D eigenvalue weighted by molar-refractivity contribution is 0.0873. The van der Waals surface area contributed by atoms with E-state index in [4.69, 9.17) is 4.74 Å². The number of nitrogens with zero attached hydrogens (tertiary/aromatic N) is 1. The summed E-state index contributed by atoms with van der Waals surface area (Å²) in [6, 6.07) is 14.8. The molecule has 0 bridgehead atoms. The predicted molar refractivity (Wildman–Crippen MR) is 114 cm³/mol.